The summed E-state index contributed by atoms with van der Waals surface area (Å²) in [5, 5.41) is 4.09. The molecule has 3 heterocycles. The molecule has 0 bridgehead atoms. The van der Waals surface area contributed by atoms with Crippen LogP contribution in [0.5, 0.6) is 0 Å². The Labute approximate surface area is 185 Å². The number of carbonyl (C=O) groups excluding carboxylic acids is 2. The molecule has 0 spiro atoms. The molecule has 0 fully saturated rings. The van der Waals surface area contributed by atoms with Crippen molar-refractivity contribution in [1.29, 1.82) is 0 Å². The first-order valence-electron chi connectivity index (χ1n) is 10.3. The lowest BCUT2D eigenvalue weighted by Crippen LogP contribution is -2.47. The van der Waals surface area contributed by atoms with Gasteiger partial charge in [-0.3, -0.25) is 9.59 Å². The summed E-state index contributed by atoms with van der Waals surface area (Å²) in [5.74, 6) is 0.0236. The summed E-state index contributed by atoms with van der Waals surface area (Å²) in [6, 6.07) is 14.3. The first-order chi connectivity index (χ1) is 14.6. The fourth-order valence-corrected chi connectivity index (χ4v) is 5.72. The number of benzene rings is 1. The Morgan fingerprint density at radius 1 is 1.07 bits per heavy atom. The maximum absolute atomic E-state index is 13.4. The van der Waals surface area contributed by atoms with E-state index in [-0.39, 0.29) is 24.4 Å². The third-order valence-corrected chi connectivity index (χ3v) is 7.61. The van der Waals surface area contributed by atoms with Gasteiger partial charge in [0.05, 0.1) is 19.0 Å². The topological polar surface area (TPSA) is 40.6 Å². The van der Waals surface area contributed by atoms with E-state index in [4.69, 9.17) is 0 Å². The van der Waals surface area contributed by atoms with Crippen LogP contribution < -0.4 is 0 Å². The zero-order valence-electron chi connectivity index (χ0n) is 17.3. The van der Waals surface area contributed by atoms with Gasteiger partial charge in [0.1, 0.15) is 0 Å². The molecule has 4 rings (SSSR count). The standard InChI is InChI=1S/C24H26N2O2S2/c1-3-25(22(27)15-18-8-6-13-29-18)16-23(28)26-12-10-21-20(11-14-30-21)24(26)19-9-5-4-7-17(19)2/h4-9,11,13-14,24H,3,10,12,15-16H2,1-2H3. The maximum atomic E-state index is 13.4. The Balaban J connectivity index is 1.57. The van der Waals surface area contributed by atoms with Crippen molar-refractivity contribution in [3.63, 3.8) is 0 Å². The van der Waals surface area contributed by atoms with Crippen molar-refractivity contribution >= 4 is 34.5 Å². The molecule has 4 nitrogen and oxygen atoms in total. The summed E-state index contributed by atoms with van der Waals surface area (Å²) in [6.45, 7) is 5.38. The highest BCUT2D eigenvalue weighted by atomic mass is 32.1. The zero-order chi connectivity index (χ0) is 21.1. The van der Waals surface area contributed by atoms with Crippen molar-refractivity contribution in [3.05, 3.63) is 79.7 Å². The molecule has 1 atom stereocenters. The molecule has 156 valence electrons. The highest BCUT2D eigenvalue weighted by molar-refractivity contribution is 7.10. The number of fused-ring (bicyclic) bond motifs is 1. The second-order valence-electron chi connectivity index (χ2n) is 7.56. The Kier molecular flexibility index (Phi) is 6.35. The Bertz CT molecular complexity index is 1030. The normalized spacial score (nSPS) is 15.7. The minimum atomic E-state index is -0.0835. The van der Waals surface area contributed by atoms with Gasteiger partial charge in [0.2, 0.25) is 11.8 Å². The molecule has 0 radical (unpaired) electrons. The van der Waals surface area contributed by atoms with Crippen molar-refractivity contribution in [2.75, 3.05) is 19.6 Å². The lowest BCUT2D eigenvalue weighted by atomic mass is 9.90. The molecule has 0 aliphatic carbocycles. The lowest BCUT2D eigenvalue weighted by Gasteiger charge is -2.38. The van der Waals surface area contributed by atoms with E-state index in [0.717, 1.165) is 16.9 Å². The second-order valence-corrected chi connectivity index (χ2v) is 9.59. The first kappa shape index (κ1) is 20.8. The summed E-state index contributed by atoms with van der Waals surface area (Å²) in [7, 11) is 0. The summed E-state index contributed by atoms with van der Waals surface area (Å²) < 4.78 is 0. The number of hydrogen-bond donors (Lipinski definition) is 0. The highest BCUT2D eigenvalue weighted by Crippen LogP contribution is 2.39. The van der Waals surface area contributed by atoms with Crippen molar-refractivity contribution < 1.29 is 9.59 Å². The molecule has 0 saturated carbocycles. The fraction of sp³-hybridized carbons (Fsp3) is 0.333. The van der Waals surface area contributed by atoms with E-state index in [9.17, 15) is 9.59 Å². The van der Waals surface area contributed by atoms with Crippen LogP contribution in [-0.4, -0.2) is 41.2 Å². The van der Waals surface area contributed by atoms with Gasteiger partial charge in [0.25, 0.3) is 0 Å². The van der Waals surface area contributed by atoms with Gasteiger partial charge >= 0.3 is 0 Å². The third kappa shape index (κ3) is 4.20. The number of nitrogens with zero attached hydrogens (tertiary/aromatic N) is 2. The van der Waals surface area contributed by atoms with Gasteiger partial charge in [-0.05, 0) is 59.9 Å². The number of aryl methyl sites for hydroxylation is 1. The summed E-state index contributed by atoms with van der Waals surface area (Å²) >= 11 is 3.34. The molecule has 1 unspecified atom stereocenters. The summed E-state index contributed by atoms with van der Waals surface area (Å²) in [5.41, 5.74) is 3.57. The molecule has 2 amide bonds. The van der Waals surface area contributed by atoms with Crippen LogP contribution in [-0.2, 0) is 22.4 Å². The third-order valence-electron chi connectivity index (χ3n) is 5.74. The Hall–Kier alpha value is -2.44. The van der Waals surface area contributed by atoms with Crippen molar-refractivity contribution in [2.45, 2.75) is 32.7 Å². The minimum absolute atomic E-state index is 0.00831. The van der Waals surface area contributed by atoms with Gasteiger partial charge in [-0.25, -0.2) is 0 Å². The van der Waals surface area contributed by atoms with Crippen LogP contribution in [0.2, 0.25) is 0 Å². The van der Waals surface area contributed by atoms with Crippen LogP contribution >= 0.6 is 22.7 Å². The molecule has 6 heteroatoms. The monoisotopic (exact) mass is 438 g/mol. The van der Waals surface area contributed by atoms with Gasteiger partial charge < -0.3 is 9.80 Å². The number of thiophene rings is 2. The zero-order valence-corrected chi connectivity index (χ0v) is 19.0. The average molecular weight is 439 g/mol. The molecule has 1 aliphatic rings. The summed E-state index contributed by atoms with van der Waals surface area (Å²) in [4.78, 5) is 32.3. The minimum Gasteiger partial charge on any atom is -0.333 e. The quantitative estimate of drug-likeness (QED) is 0.561. The maximum Gasteiger partial charge on any atom is 0.242 e. The van der Waals surface area contributed by atoms with E-state index in [1.54, 1.807) is 27.6 Å². The van der Waals surface area contributed by atoms with Crippen molar-refractivity contribution in [3.8, 4) is 0 Å². The van der Waals surface area contributed by atoms with E-state index >= 15 is 0 Å². The molecule has 30 heavy (non-hydrogen) atoms. The number of hydrogen-bond acceptors (Lipinski definition) is 4. The van der Waals surface area contributed by atoms with E-state index in [1.807, 2.05) is 41.5 Å². The Morgan fingerprint density at radius 3 is 2.63 bits per heavy atom. The van der Waals surface area contributed by atoms with Crippen molar-refractivity contribution in [2.24, 2.45) is 0 Å². The second kappa shape index (κ2) is 9.14. The number of rotatable bonds is 6. The van der Waals surface area contributed by atoms with Crippen LogP contribution in [0, 0.1) is 6.92 Å². The predicted octanol–water partition coefficient (Wildman–Crippen LogP) is 4.68. The SMILES string of the molecule is CCN(CC(=O)N1CCc2sccc2C1c1ccccc1C)C(=O)Cc1cccs1. The van der Waals surface area contributed by atoms with Gasteiger partial charge in [0, 0.05) is 22.8 Å². The smallest absolute Gasteiger partial charge is 0.242 e. The summed E-state index contributed by atoms with van der Waals surface area (Å²) in [6.07, 6.45) is 1.23. The van der Waals surface area contributed by atoms with E-state index < -0.39 is 0 Å². The molecular weight excluding hydrogens is 412 g/mol. The van der Waals surface area contributed by atoms with Gasteiger partial charge in [-0.15, -0.1) is 22.7 Å². The van der Waals surface area contributed by atoms with Crippen LogP contribution in [0.3, 0.4) is 0 Å². The number of likely N-dealkylation sites (N-methyl/N-ethyl adjacent to an activating group) is 1. The first-order valence-corrected chi connectivity index (χ1v) is 12.1. The van der Waals surface area contributed by atoms with E-state index in [0.29, 0.717) is 19.5 Å². The molecule has 2 aromatic heterocycles. The van der Waals surface area contributed by atoms with E-state index in [2.05, 4.69) is 30.5 Å². The predicted molar refractivity (Wildman–Crippen MR) is 123 cm³/mol. The van der Waals surface area contributed by atoms with Gasteiger partial charge in [-0.1, -0.05) is 30.3 Å². The van der Waals surface area contributed by atoms with Crippen molar-refractivity contribution in [1.82, 2.24) is 9.80 Å². The molecule has 0 saturated heterocycles. The van der Waals surface area contributed by atoms with E-state index in [1.165, 1.54) is 16.0 Å². The molecular formula is C24H26N2O2S2. The van der Waals surface area contributed by atoms with Gasteiger partial charge in [-0.2, -0.15) is 0 Å². The Morgan fingerprint density at radius 2 is 1.90 bits per heavy atom. The molecule has 1 aromatic carbocycles. The molecule has 3 aromatic rings. The van der Waals surface area contributed by atoms with Crippen LogP contribution in [0.25, 0.3) is 0 Å². The molecule has 0 N–H and O–H groups in total. The van der Waals surface area contributed by atoms with Gasteiger partial charge in [0.15, 0.2) is 0 Å². The number of carbonyl (C=O) groups is 2. The number of amides is 2. The van der Waals surface area contributed by atoms with Crippen LogP contribution in [0.4, 0.5) is 0 Å². The van der Waals surface area contributed by atoms with Crippen LogP contribution in [0.15, 0.2) is 53.2 Å². The van der Waals surface area contributed by atoms with Crippen LogP contribution in [0.1, 0.15) is 39.4 Å². The highest BCUT2D eigenvalue weighted by Gasteiger charge is 2.34. The molecule has 1 aliphatic heterocycles. The average Bonchev–Trinajstić information content (AvgIpc) is 3.43. The largest absolute Gasteiger partial charge is 0.333 e. The fourth-order valence-electron chi connectivity index (χ4n) is 4.12. The lowest BCUT2D eigenvalue weighted by molar-refractivity contribution is -0.141.